The summed E-state index contributed by atoms with van der Waals surface area (Å²) < 4.78 is 0. The van der Waals surface area contributed by atoms with Crippen LogP contribution >= 0.6 is 23.2 Å². The fraction of sp³-hybridized carbons (Fsp3) is 0.462. The number of hydrogen-bond acceptors (Lipinski definition) is 2. The number of rotatable bonds is 7. The van der Waals surface area contributed by atoms with E-state index in [1.165, 1.54) is 0 Å². The smallest absolute Gasteiger partial charge is 0.224 e. The molecule has 0 aliphatic carbocycles. The van der Waals surface area contributed by atoms with Gasteiger partial charge in [0.05, 0.1) is 6.42 Å². The van der Waals surface area contributed by atoms with E-state index in [9.17, 15) is 4.79 Å². The monoisotopic (exact) mass is 289 g/mol. The maximum Gasteiger partial charge on any atom is 0.224 e. The Morgan fingerprint density at radius 3 is 2.44 bits per heavy atom. The first-order valence-electron chi connectivity index (χ1n) is 5.95. The number of unbranched alkanes of at least 4 members (excludes halogenated alkanes) is 2. The van der Waals surface area contributed by atoms with E-state index < -0.39 is 0 Å². The molecule has 3 nitrogen and oxygen atoms in total. The molecule has 0 bridgehead atoms. The number of amides is 1. The number of benzene rings is 1. The van der Waals surface area contributed by atoms with Crippen LogP contribution in [0.25, 0.3) is 0 Å². The number of nitrogens with one attached hydrogen (secondary N) is 1. The van der Waals surface area contributed by atoms with E-state index in [4.69, 9.17) is 28.3 Å². The Bertz CT molecular complexity index is 376. The van der Waals surface area contributed by atoms with Gasteiger partial charge in [-0.05, 0) is 37.0 Å². The first kappa shape index (κ1) is 15.3. The average molecular weight is 290 g/mol. The summed E-state index contributed by atoms with van der Waals surface area (Å²) in [5, 5.41) is 12.4. The van der Waals surface area contributed by atoms with Crippen molar-refractivity contribution in [1.82, 2.24) is 5.32 Å². The highest BCUT2D eigenvalue weighted by molar-refractivity contribution is 6.36. The van der Waals surface area contributed by atoms with Crippen molar-refractivity contribution < 1.29 is 9.90 Å². The van der Waals surface area contributed by atoms with Crippen LogP contribution in [0.3, 0.4) is 0 Å². The Kier molecular flexibility index (Phi) is 7.09. The second kappa shape index (κ2) is 8.35. The number of hydrogen-bond donors (Lipinski definition) is 2. The van der Waals surface area contributed by atoms with Gasteiger partial charge in [0, 0.05) is 23.2 Å². The highest BCUT2D eigenvalue weighted by Crippen LogP contribution is 2.24. The van der Waals surface area contributed by atoms with Gasteiger partial charge in [0.15, 0.2) is 0 Å². The summed E-state index contributed by atoms with van der Waals surface area (Å²) in [5.41, 5.74) is 0.661. The number of aliphatic hydroxyl groups excluding tert-OH is 1. The lowest BCUT2D eigenvalue weighted by molar-refractivity contribution is -0.120. The van der Waals surface area contributed by atoms with Crippen molar-refractivity contribution >= 4 is 29.1 Å². The van der Waals surface area contributed by atoms with E-state index >= 15 is 0 Å². The lowest BCUT2D eigenvalue weighted by Crippen LogP contribution is -2.26. The Hall–Kier alpha value is -0.770. The zero-order chi connectivity index (χ0) is 13.4. The molecule has 0 fully saturated rings. The zero-order valence-corrected chi connectivity index (χ0v) is 11.6. The van der Waals surface area contributed by atoms with Crippen molar-refractivity contribution in [2.75, 3.05) is 13.2 Å². The van der Waals surface area contributed by atoms with E-state index in [1.807, 2.05) is 0 Å². The molecule has 0 unspecified atom stereocenters. The van der Waals surface area contributed by atoms with Gasteiger partial charge in [-0.25, -0.2) is 0 Å². The molecule has 100 valence electrons. The van der Waals surface area contributed by atoms with Gasteiger partial charge in [0.25, 0.3) is 0 Å². The van der Waals surface area contributed by atoms with E-state index in [1.54, 1.807) is 18.2 Å². The SMILES string of the molecule is O=C(Cc1c(Cl)cccc1Cl)NCCCCCO. The van der Waals surface area contributed by atoms with Crippen molar-refractivity contribution in [3.05, 3.63) is 33.8 Å². The van der Waals surface area contributed by atoms with Crippen LogP contribution < -0.4 is 5.32 Å². The minimum Gasteiger partial charge on any atom is -0.396 e. The molecule has 0 aromatic heterocycles. The largest absolute Gasteiger partial charge is 0.396 e. The molecule has 0 spiro atoms. The molecule has 18 heavy (non-hydrogen) atoms. The third-order valence-electron chi connectivity index (χ3n) is 2.56. The minimum atomic E-state index is -0.0889. The quantitative estimate of drug-likeness (QED) is 0.759. The normalized spacial score (nSPS) is 10.4. The number of halogens is 2. The Labute approximate surface area is 117 Å². The van der Waals surface area contributed by atoms with E-state index in [0.717, 1.165) is 19.3 Å². The second-order valence-electron chi connectivity index (χ2n) is 4.01. The van der Waals surface area contributed by atoms with Crippen LogP contribution in [0.2, 0.25) is 10.0 Å². The summed E-state index contributed by atoms with van der Waals surface area (Å²) in [7, 11) is 0. The number of carbonyl (C=O) groups excluding carboxylic acids is 1. The summed E-state index contributed by atoms with van der Waals surface area (Å²) in [6.07, 6.45) is 2.73. The van der Waals surface area contributed by atoms with Crippen molar-refractivity contribution in [3.63, 3.8) is 0 Å². The van der Waals surface area contributed by atoms with Crippen LogP contribution in [-0.2, 0) is 11.2 Å². The first-order chi connectivity index (χ1) is 8.65. The maximum absolute atomic E-state index is 11.7. The van der Waals surface area contributed by atoms with Gasteiger partial charge in [-0.1, -0.05) is 29.3 Å². The van der Waals surface area contributed by atoms with Gasteiger partial charge >= 0.3 is 0 Å². The molecular weight excluding hydrogens is 273 g/mol. The van der Waals surface area contributed by atoms with Crippen LogP contribution in [0.4, 0.5) is 0 Å². The standard InChI is InChI=1S/C13H17Cl2NO2/c14-11-5-4-6-12(15)10(11)9-13(18)16-7-2-1-3-8-17/h4-6,17H,1-3,7-9H2,(H,16,18). The molecule has 2 N–H and O–H groups in total. The van der Waals surface area contributed by atoms with Crippen LogP contribution in [0.15, 0.2) is 18.2 Å². The Morgan fingerprint density at radius 1 is 1.17 bits per heavy atom. The fourth-order valence-electron chi connectivity index (χ4n) is 1.57. The third-order valence-corrected chi connectivity index (χ3v) is 3.26. The number of aliphatic hydroxyl groups is 1. The summed E-state index contributed by atoms with van der Waals surface area (Å²) in [6.45, 7) is 0.810. The summed E-state index contributed by atoms with van der Waals surface area (Å²) >= 11 is 12.0. The van der Waals surface area contributed by atoms with Crippen molar-refractivity contribution in [3.8, 4) is 0 Å². The van der Waals surface area contributed by atoms with Gasteiger partial charge in [-0.2, -0.15) is 0 Å². The first-order valence-corrected chi connectivity index (χ1v) is 6.71. The molecule has 1 aromatic rings. The highest BCUT2D eigenvalue weighted by Gasteiger charge is 2.10. The van der Waals surface area contributed by atoms with Crippen LogP contribution in [0, 0.1) is 0 Å². The highest BCUT2D eigenvalue weighted by atomic mass is 35.5. The molecule has 0 aliphatic heterocycles. The van der Waals surface area contributed by atoms with Crippen LogP contribution in [-0.4, -0.2) is 24.2 Å². The van der Waals surface area contributed by atoms with E-state index in [0.29, 0.717) is 22.2 Å². The molecule has 1 rings (SSSR count). The molecule has 0 aliphatic rings. The van der Waals surface area contributed by atoms with Gasteiger partial charge in [0.2, 0.25) is 5.91 Å². The number of carbonyl (C=O) groups is 1. The van der Waals surface area contributed by atoms with Crippen LogP contribution in [0.5, 0.6) is 0 Å². The topological polar surface area (TPSA) is 49.3 Å². The molecule has 0 saturated carbocycles. The average Bonchev–Trinajstić information content (AvgIpc) is 2.34. The summed E-state index contributed by atoms with van der Waals surface area (Å²) in [4.78, 5) is 11.7. The lowest BCUT2D eigenvalue weighted by atomic mass is 10.1. The van der Waals surface area contributed by atoms with Crippen molar-refractivity contribution in [1.29, 1.82) is 0 Å². The second-order valence-corrected chi connectivity index (χ2v) is 4.83. The summed E-state index contributed by atoms with van der Waals surface area (Å²) in [6, 6.07) is 5.19. The predicted molar refractivity (Wildman–Crippen MR) is 74.1 cm³/mol. The van der Waals surface area contributed by atoms with Gasteiger partial charge in [0.1, 0.15) is 0 Å². The van der Waals surface area contributed by atoms with E-state index in [2.05, 4.69) is 5.32 Å². The summed E-state index contributed by atoms with van der Waals surface area (Å²) in [5.74, 6) is -0.0889. The molecule has 0 radical (unpaired) electrons. The molecular formula is C13H17Cl2NO2. The minimum absolute atomic E-state index is 0.0889. The molecule has 1 amide bonds. The predicted octanol–water partition coefficient (Wildman–Crippen LogP) is 2.81. The van der Waals surface area contributed by atoms with Gasteiger partial charge < -0.3 is 10.4 Å². The molecule has 0 saturated heterocycles. The van der Waals surface area contributed by atoms with Crippen molar-refractivity contribution in [2.45, 2.75) is 25.7 Å². The molecule has 5 heteroatoms. The van der Waals surface area contributed by atoms with E-state index in [-0.39, 0.29) is 18.9 Å². The Balaban J connectivity index is 2.36. The fourth-order valence-corrected chi connectivity index (χ4v) is 2.10. The van der Waals surface area contributed by atoms with Gasteiger partial charge in [-0.3, -0.25) is 4.79 Å². The third kappa shape index (κ3) is 5.25. The lowest BCUT2D eigenvalue weighted by Gasteiger charge is -2.08. The molecule has 1 aromatic carbocycles. The van der Waals surface area contributed by atoms with Crippen LogP contribution in [0.1, 0.15) is 24.8 Å². The van der Waals surface area contributed by atoms with Crippen molar-refractivity contribution in [2.24, 2.45) is 0 Å². The molecule has 0 heterocycles. The maximum atomic E-state index is 11.7. The molecule has 0 atom stereocenters. The zero-order valence-electron chi connectivity index (χ0n) is 10.1. The van der Waals surface area contributed by atoms with Gasteiger partial charge in [-0.15, -0.1) is 0 Å². The Morgan fingerprint density at radius 2 is 1.83 bits per heavy atom.